The van der Waals surface area contributed by atoms with Crippen LogP contribution in [0, 0.1) is 20.8 Å². The topological polar surface area (TPSA) is 27.1 Å². The lowest BCUT2D eigenvalue weighted by atomic mass is 9.93. The molecule has 0 aliphatic heterocycles. The molecule has 33 heavy (non-hydrogen) atoms. The Morgan fingerprint density at radius 1 is 0.909 bits per heavy atom. The second-order valence-electron chi connectivity index (χ2n) is 7.92. The minimum absolute atomic E-state index is 0.0338. The van der Waals surface area contributed by atoms with E-state index in [4.69, 9.17) is 4.74 Å². The van der Waals surface area contributed by atoms with Crippen molar-refractivity contribution in [3.05, 3.63) is 57.7 Å². The number of methoxy groups -OCH3 is 1. The summed E-state index contributed by atoms with van der Waals surface area (Å²) in [6.45, 7) is 4.15. The summed E-state index contributed by atoms with van der Waals surface area (Å²) in [6.07, 6.45) is 0. The van der Waals surface area contributed by atoms with Gasteiger partial charge in [-0.2, -0.15) is 31.4 Å². The van der Waals surface area contributed by atoms with Crippen molar-refractivity contribution in [2.24, 2.45) is 7.05 Å². The Bertz CT molecular complexity index is 1290. The number of hydrogen-bond acceptors (Lipinski definition) is 3. The first-order valence-corrected chi connectivity index (χ1v) is 10.7. The number of aromatic nitrogens is 2. The summed E-state index contributed by atoms with van der Waals surface area (Å²) in [5.74, 6) is -15.4. The van der Waals surface area contributed by atoms with Gasteiger partial charge in [0.15, 0.2) is 0 Å². The Hall–Kier alpha value is -2.75. The minimum atomic E-state index is -5.61. The molecular weight excluding hydrogens is 466 g/mol. The van der Waals surface area contributed by atoms with E-state index in [0.29, 0.717) is 16.2 Å². The van der Waals surface area contributed by atoms with Crippen LogP contribution >= 0.6 is 11.3 Å². The monoisotopic (exact) mass is 486 g/mol. The standard InChI is InChI=1S/C23H20F6N2OS/c1-11-18(12(2)31(4)30-11)20-19(21(24,25)23(28,29)22(20,26)27)15-10-17(33-13(15)3)14-8-6-7-9-16(14)32-5/h6-10H,1-5H3. The van der Waals surface area contributed by atoms with E-state index in [1.165, 1.54) is 45.7 Å². The second-order valence-corrected chi connectivity index (χ2v) is 9.18. The third kappa shape index (κ3) is 3.06. The fraction of sp³-hybridized carbons (Fsp3) is 0.348. The summed E-state index contributed by atoms with van der Waals surface area (Å²) in [6, 6.07) is 7.99. The molecule has 4 rings (SSSR count). The molecule has 10 heteroatoms. The number of para-hydroxylation sites is 1. The number of halogens is 6. The van der Waals surface area contributed by atoms with Gasteiger partial charge in [-0.15, -0.1) is 11.3 Å². The summed E-state index contributed by atoms with van der Waals surface area (Å²) in [5.41, 5.74) is -2.89. The molecule has 0 N–H and O–H groups in total. The summed E-state index contributed by atoms with van der Waals surface area (Å²) in [4.78, 5) is 0.636. The van der Waals surface area contributed by atoms with Crippen LogP contribution in [0.2, 0.25) is 0 Å². The van der Waals surface area contributed by atoms with E-state index in [-0.39, 0.29) is 21.8 Å². The van der Waals surface area contributed by atoms with E-state index >= 15 is 17.6 Å². The molecule has 0 fully saturated rings. The van der Waals surface area contributed by atoms with Crippen molar-refractivity contribution in [3.8, 4) is 16.2 Å². The summed E-state index contributed by atoms with van der Waals surface area (Å²) >= 11 is 1.04. The molecule has 2 heterocycles. The molecule has 3 nitrogen and oxygen atoms in total. The molecule has 1 aromatic carbocycles. The first-order chi connectivity index (χ1) is 15.3. The minimum Gasteiger partial charge on any atom is -0.496 e. The molecule has 176 valence electrons. The van der Waals surface area contributed by atoms with Crippen molar-refractivity contribution in [2.45, 2.75) is 38.5 Å². The summed E-state index contributed by atoms with van der Waals surface area (Å²) in [5, 5.41) is 3.99. The summed E-state index contributed by atoms with van der Waals surface area (Å²) in [7, 11) is 2.87. The molecule has 0 radical (unpaired) electrons. The number of thiophene rings is 1. The molecular formula is C23H20F6N2OS. The smallest absolute Gasteiger partial charge is 0.380 e. The molecule has 0 amide bonds. The van der Waals surface area contributed by atoms with Gasteiger partial charge in [0, 0.05) is 44.8 Å². The maximum atomic E-state index is 15.2. The number of hydrogen-bond donors (Lipinski definition) is 0. The van der Waals surface area contributed by atoms with E-state index in [2.05, 4.69) is 5.10 Å². The van der Waals surface area contributed by atoms with Gasteiger partial charge in [-0.05, 0) is 44.5 Å². The van der Waals surface area contributed by atoms with Crippen molar-refractivity contribution >= 4 is 22.5 Å². The van der Waals surface area contributed by atoms with Crippen molar-refractivity contribution in [1.82, 2.24) is 9.78 Å². The number of allylic oxidation sites excluding steroid dienone is 2. The molecule has 3 aromatic rings. The molecule has 0 bridgehead atoms. The molecule has 0 unspecified atom stereocenters. The fourth-order valence-corrected chi connectivity index (χ4v) is 5.31. The van der Waals surface area contributed by atoms with Gasteiger partial charge in [-0.1, -0.05) is 12.1 Å². The zero-order valence-electron chi connectivity index (χ0n) is 18.4. The van der Waals surface area contributed by atoms with Crippen LogP contribution in [-0.2, 0) is 7.05 Å². The largest absolute Gasteiger partial charge is 0.496 e. The van der Waals surface area contributed by atoms with E-state index in [0.717, 1.165) is 11.3 Å². The van der Waals surface area contributed by atoms with Gasteiger partial charge in [0.05, 0.1) is 12.8 Å². The maximum absolute atomic E-state index is 15.2. The highest BCUT2D eigenvalue weighted by Gasteiger charge is 2.80. The number of ether oxygens (including phenoxy) is 1. The average Bonchev–Trinajstić information content (AvgIpc) is 3.26. The predicted molar refractivity (Wildman–Crippen MR) is 115 cm³/mol. The number of alkyl halides is 6. The van der Waals surface area contributed by atoms with E-state index < -0.39 is 34.5 Å². The van der Waals surface area contributed by atoms with Gasteiger partial charge >= 0.3 is 17.8 Å². The highest BCUT2D eigenvalue weighted by molar-refractivity contribution is 7.15. The average molecular weight is 486 g/mol. The molecule has 1 aliphatic carbocycles. The number of benzene rings is 1. The Kier molecular flexibility index (Phi) is 5.23. The van der Waals surface area contributed by atoms with Crippen molar-refractivity contribution in [2.75, 3.05) is 7.11 Å². The lowest BCUT2D eigenvalue weighted by Crippen LogP contribution is -2.49. The number of rotatable bonds is 4. The van der Waals surface area contributed by atoms with Gasteiger partial charge in [0.2, 0.25) is 0 Å². The van der Waals surface area contributed by atoms with Crippen LogP contribution in [0.4, 0.5) is 26.3 Å². The van der Waals surface area contributed by atoms with Gasteiger partial charge in [-0.3, -0.25) is 4.68 Å². The van der Waals surface area contributed by atoms with Crippen LogP contribution in [0.15, 0.2) is 30.3 Å². The Labute approximate surface area is 190 Å². The molecule has 0 atom stereocenters. The van der Waals surface area contributed by atoms with E-state index in [9.17, 15) is 8.78 Å². The molecule has 0 saturated carbocycles. The van der Waals surface area contributed by atoms with Gasteiger partial charge in [0.25, 0.3) is 0 Å². The molecule has 2 aromatic heterocycles. The van der Waals surface area contributed by atoms with E-state index in [1.54, 1.807) is 24.3 Å². The number of aryl methyl sites for hydroxylation is 3. The lowest BCUT2D eigenvalue weighted by molar-refractivity contribution is -0.254. The normalized spacial score (nSPS) is 18.8. The van der Waals surface area contributed by atoms with Crippen LogP contribution in [0.5, 0.6) is 5.75 Å². The third-order valence-electron chi connectivity index (χ3n) is 5.99. The van der Waals surface area contributed by atoms with Crippen LogP contribution in [-0.4, -0.2) is 34.7 Å². The zero-order valence-corrected chi connectivity index (χ0v) is 19.2. The summed E-state index contributed by atoms with van der Waals surface area (Å²) < 4.78 is 96.4. The lowest BCUT2D eigenvalue weighted by Gasteiger charge is -2.25. The SMILES string of the molecule is COc1ccccc1-c1cc(C2=C(c3c(C)nn(C)c3C)C(F)(F)C(F)(F)C2(F)F)c(C)s1. The zero-order chi connectivity index (χ0) is 24.5. The van der Waals surface area contributed by atoms with Crippen LogP contribution in [0.25, 0.3) is 21.6 Å². The molecule has 0 spiro atoms. The van der Waals surface area contributed by atoms with Crippen LogP contribution in [0.3, 0.4) is 0 Å². The highest BCUT2D eigenvalue weighted by Crippen LogP contribution is 2.66. The van der Waals surface area contributed by atoms with Crippen molar-refractivity contribution < 1.29 is 31.1 Å². The number of nitrogens with zero attached hydrogens (tertiary/aromatic N) is 2. The first-order valence-electron chi connectivity index (χ1n) is 9.90. The van der Waals surface area contributed by atoms with Crippen molar-refractivity contribution in [1.29, 1.82) is 0 Å². The fourth-order valence-electron chi connectivity index (χ4n) is 4.26. The van der Waals surface area contributed by atoms with Crippen molar-refractivity contribution in [3.63, 3.8) is 0 Å². The second kappa shape index (κ2) is 7.38. The van der Waals surface area contributed by atoms with Gasteiger partial charge < -0.3 is 4.74 Å². The molecule has 0 saturated heterocycles. The first kappa shape index (κ1) is 23.4. The van der Waals surface area contributed by atoms with E-state index in [1.807, 2.05) is 0 Å². The predicted octanol–water partition coefficient (Wildman–Crippen LogP) is 6.91. The van der Waals surface area contributed by atoms with Crippen LogP contribution < -0.4 is 4.74 Å². The Balaban J connectivity index is 2.08. The maximum Gasteiger partial charge on any atom is 0.380 e. The molecule has 1 aliphatic rings. The Morgan fingerprint density at radius 3 is 2.09 bits per heavy atom. The third-order valence-corrected chi connectivity index (χ3v) is 7.07. The Morgan fingerprint density at radius 2 is 1.52 bits per heavy atom. The van der Waals surface area contributed by atoms with Crippen LogP contribution in [0.1, 0.15) is 27.4 Å². The quantitative estimate of drug-likeness (QED) is 0.375. The van der Waals surface area contributed by atoms with Gasteiger partial charge in [-0.25, -0.2) is 0 Å². The highest BCUT2D eigenvalue weighted by atomic mass is 32.1. The van der Waals surface area contributed by atoms with Gasteiger partial charge in [0.1, 0.15) is 5.75 Å².